The number of carbonyl (C=O) groups is 1. The lowest BCUT2D eigenvalue weighted by Gasteiger charge is -2.02. The van der Waals surface area contributed by atoms with Crippen molar-refractivity contribution < 1.29 is 14.3 Å². The number of carbonyl (C=O) groups excluding carboxylic acids is 1. The summed E-state index contributed by atoms with van der Waals surface area (Å²) in [5, 5.41) is 5.12. The monoisotopic (exact) mass is 230 g/mol. The van der Waals surface area contributed by atoms with Crippen LogP contribution in [0.25, 0.3) is 0 Å². The molecule has 0 radical (unpaired) electrons. The molecule has 0 aliphatic rings. The predicted molar refractivity (Wildman–Crippen MR) is 58.2 cm³/mol. The van der Waals surface area contributed by atoms with Crippen molar-refractivity contribution >= 4 is 22.4 Å². The third-order valence-corrected chi connectivity index (χ3v) is 2.41. The number of ether oxygens (including phenoxy) is 2. The summed E-state index contributed by atoms with van der Waals surface area (Å²) in [6.45, 7) is 2.81. The van der Waals surface area contributed by atoms with Gasteiger partial charge in [-0.3, -0.25) is 10.1 Å². The van der Waals surface area contributed by atoms with Gasteiger partial charge in [0.15, 0.2) is 5.13 Å². The van der Waals surface area contributed by atoms with Gasteiger partial charge < -0.3 is 9.47 Å². The highest BCUT2D eigenvalue weighted by molar-refractivity contribution is 7.13. The van der Waals surface area contributed by atoms with Crippen molar-refractivity contribution in [3.05, 3.63) is 11.1 Å². The normalized spacial score (nSPS) is 10.3. The standard InChI is InChI=1S/C9H14N2O3S/c1-7-6-15-9(10-7)11-8(12)5-14-4-3-13-2/h6H,3-5H2,1-2H3,(H,10,11,12). The van der Waals surface area contributed by atoms with Crippen LogP contribution >= 0.6 is 11.3 Å². The Balaban J connectivity index is 2.18. The van der Waals surface area contributed by atoms with Crippen LogP contribution in [0, 0.1) is 6.92 Å². The smallest absolute Gasteiger partial charge is 0.252 e. The molecule has 1 aromatic heterocycles. The molecule has 1 amide bonds. The summed E-state index contributed by atoms with van der Waals surface area (Å²) >= 11 is 1.40. The summed E-state index contributed by atoms with van der Waals surface area (Å²) < 4.78 is 9.83. The van der Waals surface area contributed by atoms with E-state index in [1.807, 2.05) is 12.3 Å². The van der Waals surface area contributed by atoms with Crippen molar-refractivity contribution in [1.29, 1.82) is 0 Å². The van der Waals surface area contributed by atoms with E-state index in [-0.39, 0.29) is 12.5 Å². The van der Waals surface area contributed by atoms with Crippen LogP contribution in [0.2, 0.25) is 0 Å². The molecule has 6 heteroatoms. The van der Waals surface area contributed by atoms with E-state index in [4.69, 9.17) is 9.47 Å². The second-order valence-electron chi connectivity index (χ2n) is 2.89. The molecule has 1 rings (SSSR count). The van der Waals surface area contributed by atoms with Crippen LogP contribution < -0.4 is 5.32 Å². The van der Waals surface area contributed by atoms with Crippen molar-refractivity contribution in [2.45, 2.75) is 6.92 Å². The average molecular weight is 230 g/mol. The van der Waals surface area contributed by atoms with E-state index in [9.17, 15) is 4.79 Å². The largest absolute Gasteiger partial charge is 0.382 e. The third-order valence-electron chi connectivity index (χ3n) is 1.53. The zero-order chi connectivity index (χ0) is 11.1. The van der Waals surface area contributed by atoms with Crippen LogP contribution in [0.1, 0.15) is 5.69 Å². The molecule has 0 aromatic carbocycles. The van der Waals surface area contributed by atoms with Crippen LogP contribution in [0.5, 0.6) is 0 Å². The molecule has 0 aliphatic carbocycles. The SMILES string of the molecule is COCCOCC(=O)Nc1nc(C)cs1. The molecule has 0 aliphatic heterocycles. The van der Waals surface area contributed by atoms with Gasteiger partial charge in [0.1, 0.15) is 6.61 Å². The first-order valence-electron chi connectivity index (χ1n) is 4.51. The predicted octanol–water partition coefficient (Wildman–Crippen LogP) is 1.05. The Kier molecular flexibility index (Phi) is 5.23. The highest BCUT2D eigenvalue weighted by atomic mass is 32.1. The van der Waals surface area contributed by atoms with E-state index in [0.29, 0.717) is 18.3 Å². The van der Waals surface area contributed by atoms with Gasteiger partial charge >= 0.3 is 0 Å². The fraction of sp³-hybridized carbons (Fsp3) is 0.556. The summed E-state index contributed by atoms with van der Waals surface area (Å²) in [6.07, 6.45) is 0. The molecule has 1 heterocycles. The lowest BCUT2D eigenvalue weighted by atomic mass is 10.6. The van der Waals surface area contributed by atoms with Gasteiger partial charge in [0.25, 0.3) is 5.91 Å². The van der Waals surface area contributed by atoms with E-state index in [2.05, 4.69) is 10.3 Å². The number of hydrogen-bond acceptors (Lipinski definition) is 5. The number of thiazole rings is 1. The number of nitrogens with one attached hydrogen (secondary N) is 1. The van der Waals surface area contributed by atoms with Gasteiger partial charge in [-0.15, -0.1) is 11.3 Å². The van der Waals surface area contributed by atoms with Gasteiger partial charge in [0.2, 0.25) is 0 Å². The topological polar surface area (TPSA) is 60.5 Å². The summed E-state index contributed by atoms with van der Waals surface area (Å²) in [4.78, 5) is 15.4. The van der Waals surface area contributed by atoms with Gasteiger partial charge in [-0.2, -0.15) is 0 Å². The van der Waals surface area contributed by atoms with Gasteiger partial charge in [0, 0.05) is 12.5 Å². The number of amides is 1. The number of aromatic nitrogens is 1. The van der Waals surface area contributed by atoms with Crippen molar-refractivity contribution in [1.82, 2.24) is 4.98 Å². The van der Waals surface area contributed by atoms with Crippen molar-refractivity contribution in [2.24, 2.45) is 0 Å². The molecule has 0 spiro atoms. The molecule has 1 aromatic rings. The fourth-order valence-corrected chi connectivity index (χ4v) is 1.58. The van der Waals surface area contributed by atoms with E-state index in [1.54, 1.807) is 7.11 Å². The lowest BCUT2D eigenvalue weighted by molar-refractivity contribution is -0.121. The maximum absolute atomic E-state index is 11.3. The molecular formula is C9H14N2O3S. The zero-order valence-corrected chi connectivity index (χ0v) is 9.60. The maximum Gasteiger partial charge on any atom is 0.252 e. The molecule has 0 fully saturated rings. The number of nitrogens with zero attached hydrogens (tertiary/aromatic N) is 1. The highest BCUT2D eigenvalue weighted by Crippen LogP contribution is 2.13. The van der Waals surface area contributed by atoms with Crippen molar-refractivity contribution in [2.75, 3.05) is 32.2 Å². The molecule has 84 valence electrons. The minimum Gasteiger partial charge on any atom is -0.382 e. The molecule has 0 bridgehead atoms. The van der Waals surface area contributed by atoms with Crippen molar-refractivity contribution in [3.63, 3.8) is 0 Å². The van der Waals surface area contributed by atoms with Crippen molar-refractivity contribution in [3.8, 4) is 0 Å². The summed E-state index contributed by atoms with van der Waals surface area (Å²) in [5.41, 5.74) is 0.899. The first-order chi connectivity index (χ1) is 7.22. The summed E-state index contributed by atoms with van der Waals surface area (Å²) in [5.74, 6) is -0.194. The first-order valence-corrected chi connectivity index (χ1v) is 5.39. The fourth-order valence-electron chi connectivity index (χ4n) is 0.874. The summed E-state index contributed by atoms with van der Waals surface area (Å²) in [6, 6.07) is 0. The average Bonchev–Trinajstić information content (AvgIpc) is 2.59. The molecule has 0 saturated carbocycles. The lowest BCUT2D eigenvalue weighted by Crippen LogP contribution is -2.19. The molecule has 0 saturated heterocycles. The quantitative estimate of drug-likeness (QED) is 0.742. The second-order valence-corrected chi connectivity index (χ2v) is 3.75. The number of methoxy groups -OCH3 is 1. The Morgan fingerprint density at radius 1 is 1.60 bits per heavy atom. The molecule has 0 atom stereocenters. The van der Waals surface area contributed by atoms with Gasteiger partial charge in [-0.1, -0.05) is 0 Å². The van der Waals surface area contributed by atoms with Crippen LogP contribution in [0.15, 0.2) is 5.38 Å². The third kappa shape index (κ3) is 4.87. The number of anilines is 1. The molecular weight excluding hydrogens is 216 g/mol. The second kappa shape index (κ2) is 6.49. The molecule has 15 heavy (non-hydrogen) atoms. The van der Waals surface area contributed by atoms with Crippen LogP contribution in [-0.4, -0.2) is 37.8 Å². The van der Waals surface area contributed by atoms with E-state index in [1.165, 1.54) is 11.3 Å². The number of rotatable bonds is 6. The van der Waals surface area contributed by atoms with Gasteiger partial charge in [0.05, 0.1) is 18.9 Å². The van der Waals surface area contributed by atoms with Gasteiger partial charge in [-0.25, -0.2) is 4.98 Å². The van der Waals surface area contributed by atoms with Crippen LogP contribution in [-0.2, 0) is 14.3 Å². The van der Waals surface area contributed by atoms with Gasteiger partial charge in [-0.05, 0) is 6.92 Å². The van der Waals surface area contributed by atoms with E-state index >= 15 is 0 Å². The Labute approximate surface area is 92.4 Å². The maximum atomic E-state index is 11.3. The Morgan fingerprint density at radius 3 is 3.00 bits per heavy atom. The first kappa shape index (κ1) is 12.1. The Morgan fingerprint density at radius 2 is 2.40 bits per heavy atom. The van der Waals surface area contributed by atoms with E-state index < -0.39 is 0 Å². The number of hydrogen-bond donors (Lipinski definition) is 1. The zero-order valence-electron chi connectivity index (χ0n) is 8.78. The molecule has 0 unspecified atom stereocenters. The van der Waals surface area contributed by atoms with Crippen LogP contribution in [0.4, 0.5) is 5.13 Å². The molecule has 1 N–H and O–H groups in total. The Hall–Kier alpha value is -0.980. The summed E-state index contributed by atoms with van der Waals surface area (Å²) in [7, 11) is 1.59. The van der Waals surface area contributed by atoms with E-state index in [0.717, 1.165) is 5.69 Å². The number of aryl methyl sites for hydroxylation is 1. The highest BCUT2D eigenvalue weighted by Gasteiger charge is 2.04. The molecule has 5 nitrogen and oxygen atoms in total. The Bertz CT molecular complexity index is 314. The minimum atomic E-state index is -0.194. The minimum absolute atomic E-state index is 0.0297. The van der Waals surface area contributed by atoms with Crippen LogP contribution in [0.3, 0.4) is 0 Å².